The summed E-state index contributed by atoms with van der Waals surface area (Å²) in [5.41, 5.74) is 2.62. The van der Waals surface area contributed by atoms with Crippen molar-refractivity contribution in [1.29, 1.82) is 10.7 Å². The molecule has 2 bridgehead atoms. The van der Waals surface area contributed by atoms with Gasteiger partial charge in [0.15, 0.2) is 0 Å². The standard InChI is InChI=1S/C21H23F2N7/c1-29-10-15(26-9-19(22)23)5-18(21(29)14(6-24)7-25)13-2-3-20(27-8-13)30-11-16-4-17(12-30)28-16/h2-3,5-6,8,10,16-17,19,24,26,28H,4,9,11-12H2,1H3/b21-14+,24-6?. The van der Waals surface area contributed by atoms with Crippen molar-refractivity contribution in [3.05, 3.63) is 53.1 Å². The summed E-state index contributed by atoms with van der Waals surface area (Å²) in [7, 11) is 1.72. The predicted molar refractivity (Wildman–Crippen MR) is 111 cm³/mol. The Morgan fingerprint density at radius 1 is 1.43 bits per heavy atom. The first-order valence-corrected chi connectivity index (χ1v) is 9.79. The van der Waals surface area contributed by atoms with Crippen LogP contribution in [0.25, 0.3) is 5.57 Å². The zero-order valence-corrected chi connectivity index (χ0v) is 16.6. The molecule has 4 aliphatic heterocycles. The molecule has 2 atom stereocenters. The number of allylic oxidation sites excluding steroid dienone is 3. The maximum absolute atomic E-state index is 12.6. The number of piperazine rings is 1. The van der Waals surface area contributed by atoms with Crippen LogP contribution in [0.3, 0.4) is 0 Å². The molecule has 0 spiro atoms. The largest absolute Gasteiger partial charge is 0.378 e. The van der Waals surface area contributed by atoms with E-state index in [0.717, 1.165) is 30.7 Å². The van der Waals surface area contributed by atoms with Gasteiger partial charge in [0.1, 0.15) is 11.9 Å². The third-order valence-electron chi connectivity index (χ3n) is 5.53. The smallest absolute Gasteiger partial charge is 0.255 e. The van der Waals surface area contributed by atoms with E-state index < -0.39 is 13.0 Å². The number of aromatic nitrogens is 1. The number of piperidine rings is 1. The van der Waals surface area contributed by atoms with Gasteiger partial charge in [-0.1, -0.05) is 0 Å². The highest BCUT2D eigenvalue weighted by Crippen LogP contribution is 2.33. The molecule has 1 aromatic heterocycles. The van der Waals surface area contributed by atoms with Gasteiger partial charge in [-0.2, -0.15) is 5.26 Å². The quantitative estimate of drug-likeness (QED) is 0.491. The Balaban J connectivity index is 1.65. The topological polar surface area (TPSA) is 91.1 Å². The Hall–Kier alpha value is -3.25. The molecule has 3 N–H and O–H groups in total. The molecule has 0 aliphatic carbocycles. The van der Waals surface area contributed by atoms with Crippen molar-refractivity contribution in [2.75, 3.05) is 31.6 Å². The zero-order valence-electron chi connectivity index (χ0n) is 16.6. The van der Waals surface area contributed by atoms with Crippen LogP contribution in [-0.4, -0.2) is 61.3 Å². The van der Waals surface area contributed by atoms with E-state index in [0.29, 0.717) is 29.1 Å². The normalized spacial score (nSPS) is 24.5. The summed E-state index contributed by atoms with van der Waals surface area (Å²) in [6.45, 7) is 1.38. The molecule has 1 aromatic rings. The highest BCUT2D eigenvalue weighted by atomic mass is 19.3. The Kier molecular flexibility index (Phi) is 5.50. The molecule has 7 nitrogen and oxygen atoms in total. The van der Waals surface area contributed by atoms with Crippen LogP contribution in [0.2, 0.25) is 0 Å². The number of rotatable bonds is 6. The van der Waals surface area contributed by atoms with Gasteiger partial charge in [0.05, 0.1) is 23.5 Å². The van der Waals surface area contributed by atoms with Crippen LogP contribution in [0.5, 0.6) is 0 Å². The van der Waals surface area contributed by atoms with E-state index in [-0.39, 0.29) is 5.57 Å². The molecular formula is C21H23F2N7. The summed E-state index contributed by atoms with van der Waals surface area (Å²) >= 11 is 0. The molecule has 30 heavy (non-hydrogen) atoms. The molecule has 9 heteroatoms. The first-order chi connectivity index (χ1) is 14.5. The van der Waals surface area contributed by atoms with Gasteiger partial charge in [-0.25, -0.2) is 13.8 Å². The van der Waals surface area contributed by atoms with Crippen molar-refractivity contribution < 1.29 is 8.78 Å². The van der Waals surface area contributed by atoms with Gasteiger partial charge in [0.25, 0.3) is 6.43 Å². The molecule has 0 aromatic carbocycles. The van der Waals surface area contributed by atoms with Crippen LogP contribution in [0.15, 0.2) is 47.6 Å². The van der Waals surface area contributed by atoms with Gasteiger partial charge in [-0.3, -0.25) is 0 Å². The van der Waals surface area contributed by atoms with Gasteiger partial charge in [-0.05, 0) is 24.6 Å². The summed E-state index contributed by atoms with van der Waals surface area (Å²) < 4.78 is 25.3. The number of anilines is 1. The highest BCUT2D eigenvalue weighted by molar-refractivity contribution is 5.93. The Morgan fingerprint density at radius 2 is 2.17 bits per heavy atom. The molecule has 3 saturated heterocycles. The van der Waals surface area contributed by atoms with Crippen LogP contribution < -0.4 is 15.5 Å². The molecule has 5 rings (SSSR count). The van der Waals surface area contributed by atoms with Crippen molar-refractivity contribution >= 4 is 17.6 Å². The van der Waals surface area contributed by atoms with Crippen LogP contribution in [0.4, 0.5) is 14.6 Å². The lowest BCUT2D eigenvalue weighted by atomic mass is 9.91. The third kappa shape index (κ3) is 3.91. The molecular weight excluding hydrogens is 388 g/mol. The lowest BCUT2D eigenvalue weighted by Crippen LogP contribution is -2.67. The minimum absolute atomic E-state index is 0.180. The molecule has 156 valence electrons. The van der Waals surface area contributed by atoms with Gasteiger partial charge in [0, 0.05) is 62.0 Å². The van der Waals surface area contributed by atoms with Crippen molar-refractivity contribution in [3.8, 4) is 6.07 Å². The van der Waals surface area contributed by atoms with Crippen molar-refractivity contribution in [2.24, 2.45) is 0 Å². The van der Waals surface area contributed by atoms with E-state index in [9.17, 15) is 14.0 Å². The fraction of sp³-hybridized carbons (Fsp3) is 0.381. The number of hydrogen-bond acceptors (Lipinski definition) is 7. The van der Waals surface area contributed by atoms with E-state index >= 15 is 0 Å². The summed E-state index contributed by atoms with van der Waals surface area (Å²) in [5, 5.41) is 23.3. The second-order valence-corrected chi connectivity index (χ2v) is 7.65. The summed E-state index contributed by atoms with van der Waals surface area (Å²) in [5.74, 6) is 0.893. The van der Waals surface area contributed by atoms with Gasteiger partial charge >= 0.3 is 0 Å². The monoisotopic (exact) mass is 411 g/mol. The van der Waals surface area contributed by atoms with Crippen molar-refractivity contribution in [2.45, 2.75) is 24.9 Å². The number of fused-ring (bicyclic) bond motifs is 2. The Bertz CT molecular complexity index is 943. The van der Waals surface area contributed by atoms with Gasteiger partial charge in [-0.15, -0.1) is 0 Å². The van der Waals surface area contributed by atoms with E-state index in [2.05, 4.69) is 20.5 Å². The van der Waals surface area contributed by atoms with E-state index in [1.807, 2.05) is 18.2 Å². The molecule has 0 saturated carbocycles. The maximum atomic E-state index is 12.6. The number of halogens is 2. The van der Waals surface area contributed by atoms with Crippen LogP contribution in [-0.2, 0) is 0 Å². The van der Waals surface area contributed by atoms with Crippen LogP contribution >= 0.6 is 0 Å². The Morgan fingerprint density at radius 3 is 2.73 bits per heavy atom. The average molecular weight is 411 g/mol. The van der Waals surface area contributed by atoms with Gasteiger partial charge < -0.3 is 25.8 Å². The molecule has 4 aliphatic rings. The lowest BCUT2D eigenvalue weighted by molar-refractivity contribution is 0.149. The maximum Gasteiger partial charge on any atom is 0.255 e. The molecule has 0 radical (unpaired) electrons. The Labute approximate surface area is 173 Å². The summed E-state index contributed by atoms with van der Waals surface area (Å²) in [4.78, 5) is 8.54. The highest BCUT2D eigenvalue weighted by Gasteiger charge is 2.36. The SMILES string of the molecule is CN1C=C(NCC(F)F)C=C(c2ccc(N3CC4CC(C3)N4)nc2)/C1=C(\C#N)C=N. The number of nitrogens with one attached hydrogen (secondary N) is 3. The third-order valence-corrected chi connectivity index (χ3v) is 5.53. The lowest BCUT2D eigenvalue weighted by Gasteiger charge is -2.48. The number of alkyl halides is 2. The van der Waals surface area contributed by atoms with E-state index in [1.165, 1.54) is 6.42 Å². The van der Waals surface area contributed by atoms with E-state index in [1.54, 1.807) is 30.4 Å². The minimum Gasteiger partial charge on any atom is -0.378 e. The summed E-state index contributed by atoms with van der Waals surface area (Å²) in [6.07, 6.45) is 4.82. The summed E-state index contributed by atoms with van der Waals surface area (Å²) in [6, 6.07) is 6.95. The fourth-order valence-corrected chi connectivity index (χ4v) is 4.16. The first kappa shape index (κ1) is 20.0. The second-order valence-electron chi connectivity index (χ2n) is 7.65. The van der Waals surface area contributed by atoms with Crippen molar-refractivity contribution in [3.63, 3.8) is 0 Å². The fourth-order valence-electron chi connectivity index (χ4n) is 4.16. The predicted octanol–water partition coefficient (Wildman–Crippen LogP) is 2.08. The minimum atomic E-state index is -2.48. The first-order valence-electron chi connectivity index (χ1n) is 9.79. The zero-order chi connectivity index (χ0) is 21.3. The van der Waals surface area contributed by atoms with Crippen molar-refractivity contribution in [1.82, 2.24) is 20.5 Å². The number of nitrogens with zero attached hydrogens (tertiary/aromatic N) is 4. The number of hydrogen-bond donors (Lipinski definition) is 3. The van der Waals surface area contributed by atoms with Crippen LogP contribution in [0, 0.1) is 16.7 Å². The number of pyridine rings is 1. The number of nitriles is 1. The molecule has 0 amide bonds. The number of likely N-dealkylation sites (N-methyl/N-ethyl adjacent to an activating group) is 1. The molecule has 5 heterocycles. The average Bonchev–Trinajstić information content (AvgIpc) is 2.74. The molecule has 3 fully saturated rings. The second kappa shape index (κ2) is 8.24. The van der Waals surface area contributed by atoms with Crippen LogP contribution in [0.1, 0.15) is 12.0 Å². The molecule has 2 unspecified atom stereocenters. The van der Waals surface area contributed by atoms with E-state index in [4.69, 9.17) is 5.41 Å². The van der Waals surface area contributed by atoms with Gasteiger partial charge in [0.2, 0.25) is 0 Å².